The van der Waals surface area contributed by atoms with E-state index in [4.69, 9.17) is 4.74 Å². The summed E-state index contributed by atoms with van der Waals surface area (Å²) in [6.45, 7) is 0. The van der Waals surface area contributed by atoms with E-state index in [1.54, 1.807) is 36.4 Å². The minimum Gasteiger partial charge on any atom is -0.448 e. The average Bonchev–Trinajstić information content (AvgIpc) is 2.87. The molecule has 0 bridgehead atoms. The molecule has 4 heteroatoms. The number of Topliss-reactive ketones (excluding diaryl/α,β-unsaturated/α-hetero) is 1. The predicted octanol–water partition coefficient (Wildman–Crippen LogP) is 6.69. The molecule has 2 atom stereocenters. The van der Waals surface area contributed by atoms with Crippen molar-refractivity contribution >= 4 is 23.5 Å². The maximum absolute atomic E-state index is 13.5. The van der Waals surface area contributed by atoms with Gasteiger partial charge in [-0.2, -0.15) is 0 Å². The van der Waals surface area contributed by atoms with E-state index in [1.807, 2.05) is 84.9 Å². The summed E-state index contributed by atoms with van der Waals surface area (Å²) in [7, 11) is 0. The van der Waals surface area contributed by atoms with Crippen molar-refractivity contribution in [3.63, 3.8) is 0 Å². The molecule has 0 spiro atoms. The van der Waals surface area contributed by atoms with Crippen LogP contribution in [0.1, 0.15) is 32.8 Å². The van der Waals surface area contributed by atoms with E-state index in [1.165, 1.54) is 11.8 Å². The van der Waals surface area contributed by atoms with Crippen LogP contribution in [0.3, 0.4) is 0 Å². The van der Waals surface area contributed by atoms with E-state index in [0.717, 1.165) is 10.5 Å². The van der Waals surface area contributed by atoms with Crippen LogP contribution >= 0.6 is 11.8 Å². The van der Waals surface area contributed by atoms with Crippen LogP contribution in [0.25, 0.3) is 0 Å². The topological polar surface area (TPSA) is 43.4 Å². The molecular formula is C28H22O3S. The molecule has 4 rings (SSSR count). The third-order valence-electron chi connectivity index (χ3n) is 4.95. The zero-order valence-corrected chi connectivity index (χ0v) is 18.2. The molecule has 0 aromatic heterocycles. The first-order valence-corrected chi connectivity index (χ1v) is 11.2. The Hall–Kier alpha value is -3.63. The van der Waals surface area contributed by atoms with Gasteiger partial charge in [-0.05, 0) is 17.7 Å². The molecule has 32 heavy (non-hydrogen) atoms. The number of rotatable bonds is 8. The molecule has 0 unspecified atom stereocenters. The molecule has 0 amide bonds. The number of carbonyl (C=O) groups is 2. The van der Waals surface area contributed by atoms with Gasteiger partial charge in [-0.25, -0.2) is 0 Å². The van der Waals surface area contributed by atoms with Crippen molar-refractivity contribution in [1.82, 2.24) is 0 Å². The predicted molar refractivity (Wildman–Crippen MR) is 128 cm³/mol. The maximum Gasteiger partial charge on any atom is 0.325 e. The highest BCUT2D eigenvalue weighted by Crippen LogP contribution is 2.37. The summed E-state index contributed by atoms with van der Waals surface area (Å²) >= 11 is 1.41. The van der Waals surface area contributed by atoms with Gasteiger partial charge in [0.25, 0.3) is 0 Å². The van der Waals surface area contributed by atoms with E-state index in [9.17, 15) is 9.59 Å². The van der Waals surface area contributed by atoms with Crippen LogP contribution in [0.4, 0.5) is 0 Å². The molecular weight excluding hydrogens is 416 g/mol. The number of ketones is 1. The highest BCUT2D eigenvalue weighted by molar-refractivity contribution is 8.00. The fraction of sp³-hybridized carbons (Fsp3) is 0.0714. The number of benzene rings is 4. The molecule has 4 aromatic rings. The van der Waals surface area contributed by atoms with Crippen LogP contribution in [-0.2, 0) is 9.53 Å². The summed E-state index contributed by atoms with van der Waals surface area (Å²) in [6.07, 6.45) is -1.02. The first-order valence-electron chi connectivity index (χ1n) is 10.3. The first kappa shape index (κ1) is 21.6. The third-order valence-corrected chi connectivity index (χ3v) is 6.19. The molecule has 0 radical (unpaired) electrons. The molecule has 0 saturated carbocycles. The second kappa shape index (κ2) is 10.6. The lowest BCUT2D eigenvalue weighted by Crippen LogP contribution is -2.23. The second-order valence-corrected chi connectivity index (χ2v) is 8.36. The van der Waals surface area contributed by atoms with Crippen molar-refractivity contribution in [3.05, 3.63) is 138 Å². The monoisotopic (exact) mass is 438 g/mol. The molecule has 0 fully saturated rings. The van der Waals surface area contributed by atoms with Gasteiger partial charge in [-0.3, -0.25) is 9.59 Å². The van der Waals surface area contributed by atoms with Crippen molar-refractivity contribution in [1.29, 1.82) is 0 Å². The summed E-state index contributed by atoms with van der Waals surface area (Å²) in [5.41, 5.74) is 1.97. The summed E-state index contributed by atoms with van der Waals surface area (Å²) in [6, 6.07) is 37.3. The Kier molecular flexibility index (Phi) is 7.15. The summed E-state index contributed by atoms with van der Waals surface area (Å²) in [5, 5.41) is -0.603. The van der Waals surface area contributed by atoms with Gasteiger partial charge in [0, 0.05) is 16.0 Å². The van der Waals surface area contributed by atoms with Crippen LogP contribution in [0, 0.1) is 0 Å². The van der Waals surface area contributed by atoms with Gasteiger partial charge < -0.3 is 4.74 Å². The van der Waals surface area contributed by atoms with Gasteiger partial charge in [0.2, 0.25) is 5.78 Å². The van der Waals surface area contributed by atoms with E-state index in [2.05, 4.69) is 0 Å². The van der Waals surface area contributed by atoms with Gasteiger partial charge >= 0.3 is 5.97 Å². The summed E-state index contributed by atoms with van der Waals surface area (Å²) < 4.78 is 5.93. The largest absolute Gasteiger partial charge is 0.448 e. The SMILES string of the molecule is O=C(O[C@@H](C(=O)c1ccccc1)c1ccccc1)[C@@H](Sc1ccccc1)c1ccccc1. The second-order valence-electron chi connectivity index (χ2n) is 7.18. The lowest BCUT2D eigenvalue weighted by molar-refractivity contribution is -0.146. The van der Waals surface area contributed by atoms with Crippen LogP contribution < -0.4 is 0 Å². The molecule has 158 valence electrons. The number of hydrogen-bond donors (Lipinski definition) is 0. The number of carbonyl (C=O) groups excluding carboxylic acids is 2. The summed E-state index contributed by atoms with van der Waals surface area (Å²) in [4.78, 5) is 27.7. The zero-order valence-electron chi connectivity index (χ0n) is 17.3. The Bertz CT molecular complexity index is 1150. The van der Waals surface area contributed by atoms with Crippen molar-refractivity contribution < 1.29 is 14.3 Å². The van der Waals surface area contributed by atoms with Crippen molar-refractivity contribution in [3.8, 4) is 0 Å². The normalized spacial score (nSPS) is 12.5. The standard InChI is InChI=1S/C28H22O3S/c29-25(21-13-5-1-6-14-21)26(22-15-7-2-8-16-22)31-28(30)27(23-17-9-3-10-18-23)32-24-19-11-4-12-20-24/h1-20,26-27H/t26-,27+/m1/s1. The van der Waals surface area contributed by atoms with Crippen molar-refractivity contribution in [2.24, 2.45) is 0 Å². The van der Waals surface area contributed by atoms with Gasteiger partial charge in [0.1, 0.15) is 5.25 Å². The van der Waals surface area contributed by atoms with E-state index in [0.29, 0.717) is 11.1 Å². The Morgan fingerprint density at radius 3 is 1.62 bits per heavy atom. The summed E-state index contributed by atoms with van der Waals surface area (Å²) in [5.74, 6) is -0.704. The third kappa shape index (κ3) is 5.34. The van der Waals surface area contributed by atoms with Crippen LogP contribution in [0.2, 0.25) is 0 Å². The number of hydrogen-bond acceptors (Lipinski definition) is 4. The van der Waals surface area contributed by atoms with Gasteiger partial charge in [0.05, 0.1) is 0 Å². The Morgan fingerprint density at radius 1 is 0.594 bits per heavy atom. The molecule has 3 nitrogen and oxygen atoms in total. The van der Waals surface area contributed by atoms with E-state index in [-0.39, 0.29) is 5.78 Å². The highest BCUT2D eigenvalue weighted by Gasteiger charge is 2.31. The Labute approximate surface area is 192 Å². The fourth-order valence-corrected chi connectivity index (χ4v) is 4.38. The molecule has 0 aliphatic carbocycles. The van der Waals surface area contributed by atoms with E-state index >= 15 is 0 Å². The van der Waals surface area contributed by atoms with Crippen LogP contribution in [-0.4, -0.2) is 11.8 Å². The van der Waals surface area contributed by atoms with E-state index < -0.39 is 17.3 Å². The Balaban J connectivity index is 1.66. The molecule has 0 aliphatic heterocycles. The lowest BCUT2D eigenvalue weighted by atomic mass is 9.99. The van der Waals surface area contributed by atoms with Crippen molar-refractivity contribution in [2.45, 2.75) is 16.2 Å². The number of esters is 1. The molecule has 0 heterocycles. The smallest absolute Gasteiger partial charge is 0.325 e. The molecule has 0 aliphatic rings. The molecule has 0 N–H and O–H groups in total. The fourth-order valence-electron chi connectivity index (χ4n) is 3.35. The van der Waals surface area contributed by atoms with Crippen LogP contribution in [0.5, 0.6) is 0 Å². The lowest BCUT2D eigenvalue weighted by Gasteiger charge is -2.22. The quantitative estimate of drug-likeness (QED) is 0.175. The molecule has 0 saturated heterocycles. The minimum atomic E-state index is -1.02. The van der Waals surface area contributed by atoms with Gasteiger partial charge in [-0.15, -0.1) is 11.8 Å². The number of ether oxygens (including phenoxy) is 1. The highest BCUT2D eigenvalue weighted by atomic mass is 32.2. The minimum absolute atomic E-state index is 0.248. The maximum atomic E-state index is 13.5. The average molecular weight is 439 g/mol. The first-order chi connectivity index (χ1) is 15.7. The zero-order chi connectivity index (χ0) is 22.2. The van der Waals surface area contributed by atoms with Crippen LogP contribution in [0.15, 0.2) is 126 Å². The van der Waals surface area contributed by atoms with Gasteiger partial charge in [0.15, 0.2) is 6.10 Å². The number of thioether (sulfide) groups is 1. The van der Waals surface area contributed by atoms with Gasteiger partial charge in [-0.1, -0.05) is 109 Å². The Morgan fingerprint density at radius 2 is 1.06 bits per heavy atom. The van der Waals surface area contributed by atoms with Crippen molar-refractivity contribution in [2.75, 3.05) is 0 Å². The molecule has 4 aromatic carbocycles.